The Labute approximate surface area is 73.6 Å². The highest BCUT2D eigenvalue weighted by Crippen LogP contribution is 2.33. The third kappa shape index (κ3) is 2.68. The molecule has 1 nitrogen and oxygen atoms in total. The summed E-state index contributed by atoms with van der Waals surface area (Å²) in [7, 11) is 0. The lowest BCUT2D eigenvalue weighted by Crippen LogP contribution is -2.17. The van der Waals surface area contributed by atoms with Gasteiger partial charge < -0.3 is 5.11 Å². The van der Waals surface area contributed by atoms with E-state index in [1.54, 1.807) is 0 Å². The molecule has 0 aliphatic heterocycles. The van der Waals surface area contributed by atoms with Gasteiger partial charge in [0.15, 0.2) is 0 Å². The standard InChI is InChI=1S/C9H18OS/c1-3-7(2)11-9-6-4-5-8(9)10/h7-10H,3-6H2,1-2H3/t7?,8-,9-/m1/s1. The number of aliphatic hydroxyl groups excluding tert-OH is 1. The molecule has 0 bridgehead atoms. The molecule has 1 unspecified atom stereocenters. The van der Waals surface area contributed by atoms with Gasteiger partial charge in [0, 0.05) is 10.5 Å². The lowest BCUT2D eigenvalue weighted by molar-refractivity contribution is 0.188. The molecule has 1 fully saturated rings. The molecule has 2 heteroatoms. The van der Waals surface area contributed by atoms with Gasteiger partial charge in [-0.3, -0.25) is 0 Å². The van der Waals surface area contributed by atoms with E-state index in [2.05, 4.69) is 13.8 Å². The van der Waals surface area contributed by atoms with Crippen LogP contribution in [0.2, 0.25) is 0 Å². The minimum absolute atomic E-state index is 0.0194. The van der Waals surface area contributed by atoms with E-state index in [9.17, 15) is 5.11 Å². The highest BCUT2D eigenvalue weighted by Gasteiger charge is 2.26. The quantitative estimate of drug-likeness (QED) is 0.709. The van der Waals surface area contributed by atoms with Crippen LogP contribution in [0.25, 0.3) is 0 Å². The van der Waals surface area contributed by atoms with Crippen LogP contribution in [0.4, 0.5) is 0 Å². The van der Waals surface area contributed by atoms with Gasteiger partial charge in [0.2, 0.25) is 0 Å². The van der Waals surface area contributed by atoms with E-state index in [0.717, 1.165) is 6.42 Å². The predicted molar refractivity (Wildman–Crippen MR) is 51.0 cm³/mol. The minimum Gasteiger partial charge on any atom is -0.392 e. The van der Waals surface area contributed by atoms with E-state index < -0.39 is 0 Å². The van der Waals surface area contributed by atoms with Gasteiger partial charge in [0.25, 0.3) is 0 Å². The molecule has 1 aliphatic rings. The maximum absolute atomic E-state index is 9.51. The summed E-state index contributed by atoms with van der Waals surface area (Å²) in [6.07, 6.45) is 4.65. The Morgan fingerprint density at radius 2 is 2.27 bits per heavy atom. The van der Waals surface area contributed by atoms with Crippen LogP contribution in [0.1, 0.15) is 39.5 Å². The lowest BCUT2D eigenvalue weighted by Gasteiger charge is -2.17. The molecule has 0 amide bonds. The summed E-state index contributed by atoms with van der Waals surface area (Å²) in [5.74, 6) is 0. The molecule has 0 heterocycles. The van der Waals surface area contributed by atoms with E-state index in [4.69, 9.17) is 0 Å². The monoisotopic (exact) mass is 174 g/mol. The Morgan fingerprint density at radius 1 is 1.55 bits per heavy atom. The molecule has 1 N–H and O–H groups in total. The van der Waals surface area contributed by atoms with Crippen molar-refractivity contribution >= 4 is 11.8 Å². The van der Waals surface area contributed by atoms with Crippen LogP contribution in [0.5, 0.6) is 0 Å². The van der Waals surface area contributed by atoms with Crippen molar-refractivity contribution in [3.05, 3.63) is 0 Å². The second kappa shape index (κ2) is 4.36. The highest BCUT2D eigenvalue weighted by molar-refractivity contribution is 8.00. The molecule has 0 spiro atoms. The first-order chi connectivity index (χ1) is 5.24. The summed E-state index contributed by atoms with van der Waals surface area (Å²) in [5, 5.41) is 10.8. The zero-order valence-electron chi connectivity index (χ0n) is 7.42. The van der Waals surface area contributed by atoms with Crippen LogP contribution in [0.15, 0.2) is 0 Å². The van der Waals surface area contributed by atoms with Gasteiger partial charge in [0.05, 0.1) is 6.10 Å². The van der Waals surface area contributed by atoms with Crippen molar-refractivity contribution in [2.45, 2.75) is 56.1 Å². The van der Waals surface area contributed by atoms with Crippen molar-refractivity contribution in [2.75, 3.05) is 0 Å². The topological polar surface area (TPSA) is 20.2 Å². The molecular weight excluding hydrogens is 156 g/mol. The maximum Gasteiger partial charge on any atom is 0.0658 e. The third-order valence-corrected chi connectivity index (χ3v) is 4.10. The summed E-state index contributed by atoms with van der Waals surface area (Å²) < 4.78 is 0. The second-order valence-corrected chi connectivity index (χ2v) is 5.07. The number of hydrogen-bond donors (Lipinski definition) is 1. The summed E-state index contributed by atoms with van der Waals surface area (Å²) in [6.45, 7) is 4.45. The molecule has 0 radical (unpaired) electrons. The molecule has 1 saturated carbocycles. The van der Waals surface area contributed by atoms with Gasteiger partial charge in [-0.1, -0.05) is 13.8 Å². The zero-order chi connectivity index (χ0) is 8.27. The average molecular weight is 174 g/mol. The minimum atomic E-state index is -0.0194. The van der Waals surface area contributed by atoms with Crippen molar-refractivity contribution < 1.29 is 5.11 Å². The zero-order valence-corrected chi connectivity index (χ0v) is 8.23. The molecule has 11 heavy (non-hydrogen) atoms. The number of thioether (sulfide) groups is 1. The van der Waals surface area contributed by atoms with Crippen LogP contribution in [-0.4, -0.2) is 21.7 Å². The molecule has 0 aromatic rings. The normalized spacial score (nSPS) is 34.1. The van der Waals surface area contributed by atoms with E-state index in [-0.39, 0.29) is 6.10 Å². The maximum atomic E-state index is 9.51. The fraction of sp³-hybridized carbons (Fsp3) is 1.00. The van der Waals surface area contributed by atoms with E-state index in [0.29, 0.717) is 10.5 Å². The molecule has 1 rings (SSSR count). The van der Waals surface area contributed by atoms with Gasteiger partial charge in [-0.05, 0) is 25.7 Å². The second-order valence-electron chi connectivity index (χ2n) is 3.39. The Hall–Kier alpha value is 0.310. The number of rotatable bonds is 3. The Bertz CT molecular complexity index is 116. The molecule has 3 atom stereocenters. The van der Waals surface area contributed by atoms with Gasteiger partial charge in [-0.25, -0.2) is 0 Å². The smallest absolute Gasteiger partial charge is 0.0658 e. The molecule has 1 aliphatic carbocycles. The SMILES string of the molecule is CCC(C)S[C@@H]1CCC[C@H]1O. The molecule has 0 aromatic carbocycles. The fourth-order valence-corrected chi connectivity index (χ4v) is 2.87. The van der Waals surface area contributed by atoms with Gasteiger partial charge in [-0.2, -0.15) is 11.8 Å². The van der Waals surface area contributed by atoms with Crippen LogP contribution in [0, 0.1) is 0 Å². The number of hydrogen-bond acceptors (Lipinski definition) is 2. The van der Waals surface area contributed by atoms with Crippen molar-refractivity contribution in [2.24, 2.45) is 0 Å². The third-order valence-electron chi connectivity index (χ3n) is 2.40. The van der Waals surface area contributed by atoms with Crippen LogP contribution < -0.4 is 0 Å². The predicted octanol–water partition coefficient (Wildman–Crippen LogP) is 2.43. The Kier molecular flexibility index (Phi) is 3.73. The molecule has 66 valence electrons. The largest absolute Gasteiger partial charge is 0.392 e. The molecule has 0 aromatic heterocycles. The average Bonchev–Trinajstić information content (AvgIpc) is 2.37. The van der Waals surface area contributed by atoms with Crippen LogP contribution in [0.3, 0.4) is 0 Å². The summed E-state index contributed by atoms with van der Waals surface area (Å²) in [6, 6.07) is 0. The van der Waals surface area contributed by atoms with Crippen molar-refractivity contribution in [3.63, 3.8) is 0 Å². The fourth-order valence-electron chi connectivity index (χ4n) is 1.46. The van der Waals surface area contributed by atoms with E-state index in [1.165, 1.54) is 19.3 Å². The Balaban J connectivity index is 2.24. The van der Waals surface area contributed by atoms with E-state index in [1.807, 2.05) is 11.8 Å². The van der Waals surface area contributed by atoms with E-state index >= 15 is 0 Å². The van der Waals surface area contributed by atoms with Crippen molar-refractivity contribution in [3.8, 4) is 0 Å². The summed E-state index contributed by atoms with van der Waals surface area (Å²) >= 11 is 1.97. The van der Waals surface area contributed by atoms with Crippen molar-refractivity contribution in [1.82, 2.24) is 0 Å². The van der Waals surface area contributed by atoms with Gasteiger partial charge in [0.1, 0.15) is 0 Å². The van der Waals surface area contributed by atoms with Crippen LogP contribution >= 0.6 is 11.8 Å². The van der Waals surface area contributed by atoms with Crippen molar-refractivity contribution in [1.29, 1.82) is 0 Å². The molecular formula is C9H18OS. The lowest BCUT2D eigenvalue weighted by atomic mass is 10.3. The highest BCUT2D eigenvalue weighted by atomic mass is 32.2. The molecule has 0 saturated heterocycles. The van der Waals surface area contributed by atoms with Gasteiger partial charge >= 0.3 is 0 Å². The number of aliphatic hydroxyl groups is 1. The summed E-state index contributed by atoms with van der Waals surface area (Å²) in [4.78, 5) is 0. The Morgan fingerprint density at radius 3 is 2.73 bits per heavy atom. The first kappa shape index (κ1) is 9.40. The summed E-state index contributed by atoms with van der Waals surface area (Å²) in [5.41, 5.74) is 0. The van der Waals surface area contributed by atoms with Gasteiger partial charge in [-0.15, -0.1) is 0 Å². The first-order valence-corrected chi connectivity index (χ1v) is 5.51. The first-order valence-electron chi connectivity index (χ1n) is 4.57. The van der Waals surface area contributed by atoms with Crippen LogP contribution in [-0.2, 0) is 0 Å².